The van der Waals surface area contributed by atoms with Gasteiger partial charge in [0.05, 0.1) is 0 Å². The average Bonchev–Trinajstić information content (AvgIpc) is 2.61. The monoisotopic (exact) mass is 339 g/mol. The number of rotatable bonds is 6. The summed E-state index contributed by atoms with van der Waals surface area (Å²) in [5, 5.41) is 5.01. The predicted octanol–water partition coefficient (Wildman–Crippen LogP) is 2.71. The summed E-state index contributed by atoms with van der Waals surface area (Å²) in [6.45, 7) is 2.13. The Hall–Kier alpha value is -3.15. The Morgan fingerprint density at radius 1 is 0.840 bits per heavy atom. The molecule has 6 nitrogen and oxygen atoms in total. The summed E-state index contributed by atoms with van der Waals surface area (Å²) in [7, 11) is 0. The second-order valence-electron chi connectivity index (χ2n) is 5.65. The maximum Gasteiger partial charge on any atom is 0.314 e. The van der Waals surface area contributed by atoms with Crippen LogP contribution in [0.3, 0.4) is 0 Å². The summed E-state index contributed by atoms with van der Waals surface area (Å²) in [5.74, 6) is -2.11. The van der Waals surface area contributed by atoms with Gasteiger partial charge in [-0.15, -0.1) is 0 Å². The first-order chi connectivity index (χ1) is 12.0. The number of hydrogen-bond acceptors (Lipinski definition) is 3. The van der Waals surface area contributed by atoms with Crippen molar-refractivity contribution in [2.45, 2.75) is 26.2 Å². The number of carbonyl (C=O) groups excluding carboxylic acids is 3. The summed E-state index contributed by atoms with van der Waals surface area (Å²) in [5.41, 5.74) is 7.63. The van der Waals surface area contributed by atoms with Crippen molar-refractivity contribution in [2.75, 3.05) is 10.6 Å². The highest BCUT2D eigenvalue weighted by Crippen LogP contribution is 2.13. The van der Waals surface area contributed by atoms with Gasteiger partial charge in [0.1, 0.15) is 0 Å². The standard InChI is InChI=1S/C19H21N3O3/c1-2-3-4-13-5-9-15(10-6-13)21-18(24)19(25)22-16-11-7-14(8-12-16)17(20)23/h5-12H,2-4H2,1H3,(H2,20,23)(H,21,24)(H,22,25). The molecule has 0 fully saturated rings. The Morgan fingerprint density at radius 3 is 1.76 bits per heavy atom. The van der Waals surface area contributed by atoms with Crippen LogP contribution in [0.2, 0.25) is 0 Å². The summed E-state index contributed by atoms with van der Waals surface area (Å²) >= 11 is 0. The molecule has 0 heterocycles. The van der Waals surface area contributed by atoms with Crippen molar-refractivity contribution in [1.29, 1.82) is 0 Å². The summed E-state index contributed by atoms with van der Waals surface area (Å²) in [4.78, 5) is 34.9. The van der Waals surface area contributed by atoms with Crippen molar-refractivity contribution in [3.05, 3.63) is 59.7 Å². The molecule has 4 N–H and O–H groups in total. The number of amides is 3. The van der Waals surface area contributed by atoms with E-state index in [4.69, 9.17) is 5.73 Å². The van der Waals surface area contributed by atoms with Crippen LogP contribution in [-0.2, 0) is 16.0 Å². The summed E-state index contributed by atoms with van der Waals surface area (Å²) in [6.07, 6.45) is 3.23. The van der Waals surface area contributed by atoms with E-state index in [0.717, 1.165) is 19.3 Å². The molecule has 0 bridgehead atoms. The molecule has 0 aliphatic heterocycles. The van der Waals surface area contributed by atoms with Crippen LogP contribution in [0.25, 0.3) is 0 Å². The van der Waals surface area contributed by atoms with Crippen LogP contribution in [0.1, 0.15) is 35.7 Å². The molecule has 3 amide bonds. The fourth-order valence-corrected chi connectivity index (χ4v) is 2.23. The van der Waals surface area contributed by atoms with E-state index >= 15 is 0 Å². The van der Waals surface area contributed by atoms with E-state index in [-0.39, 0.29) is 0 Å². The molecule has 6 heteroatoms. The normalized spacial score (nSPS) is 10.1. The molecule has 0 aromatic heterocycles. The quantitative estimate of drug-likeness (QED) is 0.705. The van der Waals surface area contributed by atoms with Crippen LogP contribution in [0, 0.1) is 0 Å². The largest absolute Gasteiger partial charge is 0.366 e. The Balaban J connectivity index is 1.91. The number of hydrogen-bond donors (Lipinski definition) is 3. The highest BCUT2D eigenvalue weighted by atomic mass is 16.2. The lowest BCUT2D eigenvalue weighted by molar-refractivity contribution is -0.132. The zero-order chi connectivity index (χ0) is 18.2. The molecule has 0 radical (unpaired) electrons. The van der Waals surface area contributed by atoms with Gasteiger partial charge in [-0.25, -0.2) is 0 Å². The van der Waals surface area contributed by atoms with Gasteiger partial charge in [0.15, 0.2) is 0 Å². The number of nitrogens with two attached hydrogens (primary N) is 1. The maximum atomic E-state index is 12.0. The molecular weight excluding hydrogens is 318 g/mol. The first-order valence-corrected chi connectivity index (χ1v) is 8.10. The third-order valence-corrected chi connectivity index (χ3v) is 3.66. The van der Waals surface area contributed by atoms with Crippen LogP contribution in [0.4, 0.5) is 11.4 Å². The first-order valence-electron chi connectivity index (χ1n) is 8.10. The van der Waals surface area contributed by atoms with Crippen LogP contribution in [0.5, 0.6) is 0 Å². The average molecular weight is 339 g/mol. The van der Waals surface area contributed by atoms with Gasteiger partial charge < -0.3 is 16.4 Å². The topological polar surface area (TPSA) is 101 Å². The van der Waals surface area contributed by atoms with E-state index < -0.39 is 17.7 Å². The van der Waals surface area contributed by atoms with Gasteiger partial charge in [0, 0.05) is 16.9 Å². The van der Waals surface area contributed by atoms with E-state index in [9.17, 15) is 14.4 Å². The first kappa shape index (κ1) is 18.2. The van der Waals surface area contributed by atoms with Crippen molar-refractivity contribution in [3.8, 4) is 0 Å². The van der Waals surface area contributed by atoms with Crippen molar-refractivity contribution < 1.29 is 14.4 Å². The van der Waals surface area contributed by atoms with E-state index in [1.807, 2.05) is 12.1 Å². The van der Waals surface area contributed by atoms with E-state index in [0.29, 0.717) is 16.9 Å². The molecular formula is C19H21N3O3. The molecule has 0 unspecified atom stereocenters. The number of benzene rings is 2. The third-order valence-electron chi connectivity index (χ3n) is 3.66. The SMILES string of the molecule is CCCCc1ccc(NC(=O)C(=O)Nc2ccc(C(N)=O)cc2)cc1. The molecule has 2 rings (SSSR count). The maximum absolute atomic E-state index is 12.0. The van der Waals surface area contributed by atoms with Gasteiger partial charge in [-0.05, 0) is 54.8 Å². The molecule has 0 atom stereocenters. The second kappa shape index (κ2) is 8.63. The Labute approximate surface area is 146 Å². The number of carbonyl (C=O) groups is 3. The zero-order valence-electron chi connectivity index (χ0n) is 14.0. The third kappa shape index (κ3) is 5.46. The van der Waals surface area contributed by atoms with Crippen LogP contribution in [0.15, 0.2) is 48.5 Å². The highest BCUT2D eigenvalue weighted by Gasteiger charge is 2.14. The molecule has 130 valence electrons. The molecule has 2 aromatic rings. The molecule has 25 heavy (non-hydrogen) atoms. The van der Waals surface area contributed by atoms with Crippen LogP contribution in [-0.4, -0.2) is 17.7 Å². The molecule has 0 saturated carbocycles. The van der Waals surface area contributed by atoms with E-state index in [1.165, 1.54) is 29.8 Å². The fraction of sp³-hybridized carbons (Fsp3) is 0.211. The Bertz CT molecular complexity index is 752. The Kier molecular flexibility index (Phi) is 6.28. The fourth-order valence-electron chi connectivity index (χ4n) is 2.23. The van der Waals surface area contributed by atoms with Crippen molar-refractivity contribution in [3.63, 3.8) is 0 Å². The number of unbranched alkanes of at least 4 members (excludes halogenated alkanes) is 1. The zero-order valence-corrected chi connectivity index (χ0v) is 14.0. The lowest BCUT2D eigenvalue weighted by atomic mass is 10.1. The smallest absolute Gasteiger partial charge is 0.314 e. The van der Waals surface area contributed by atoms with Crippen molar-refractivity contribution in [1.82, 2.24) is 0 Å². The molecule has 2 aromatic carbocycles. The van der Waals surface area contributed by atoms with E-state index in [2.05, 4.69) is 17.6 Å². The molecule has 0 saturated heterocycles. The number of aryl methyl sites for hydroxylation is 1. The molecule has 0 aliphatic carbocycles. The second-order valence-corrected chi connectivity index (χ2v) is 5.65. The van der Waals surface area contributed by atoms with Crippen molar-refractivity contribution >= 4 is 29.1 Å². The van der Waals surface area contributed by atoms with Crippen molar-refractivity contribution in [2.24, 2.45) is 5.73 Å². The van der Waals surface area contributed by atoms with Gasteiger partial charge in [-0.2, -0.15) is 0 Å². The molecule has 0 aliphatic rings. The van der Waals surface area contributed by atoms with Crippen LogP contribution >= 0.6 is 0 Å². The summed E-state index contributed by atoms with van der Waals surface area (Å²) < 4.78 is 0. The highest BCUT2D eigenvalue weighted by molar-refractivity contribution is 6.43. The lowest BCUT2D eigenvalue weighted by Gasteiger charge is -2.08. The number of nitrogens with one attached hydrogen (secondary N) is 2. The lowest BCUT2D eigenvalue weighted by Crippen LogP contribution is -2.29. The summed E-state index contributed by atoms with van der Waals surface area (Å²) in [6, 6.07) is 13.4. The van der Waals surface area contributed by atoms with Crippen LogP contribution < -0.4 is 16.4 Å². The van der Waals surface area contributed by atoms with Gasteiger partial charge in [0.25, 0.3) is 0 Å². The minimum atomic E-state index is -0.790. The minimum Gasteiger partial charge on any atom is -0.366 e. The number of primary amides is 1. The van der Waals surface area contributed by atoms with Gasteiger partial charge in [-0.1, -0.05) is 25.5 Å². The predicted molar refractivity (Wildman–Crippen MR) is 97.3 cm³/mol. The van der Waals surface area contributed by atoms with Gasteiger partial charge in [-0.3, -0.25) is 14.4 Å². The molecule has 0 spiro atoms. The van der Waals surface area contributed by atoms with Gasteiger partial charge in [0.2, 0.25) is 5.91 Å². The number of anilines is 2. The van der Waals surface area contributed by atoms with Gasteiger partial charge >= 0.3 is 11.8 Å². The minimum absolute atomic E-state index is 0.325. The van der Waals surface area contributed by atoms with E-state index in [1.54, 1.807) is 12.1 Å². The Morgan fingerprint density at radius 2 is 1.32 bits per heavy atom.